The third kappa shape index (κ3) is 7.84. The van der Waals surface area contributed by atoms with Crippen LogP contribution in [0.25, 0.3) is 11.3 Å². The van der Waals surface area contributed by atoms with E-state index in [-0.39, 0.29) is 46.8 Å². The maximum absolute atomic E-state index is 16.3. The molecule has 3 heterocycles. The summed E-state index contributed by atoms with van der Waals surface area (Å²) in [5.74, 6) is -1.32. The minimum Gasteiger partial charge on any atom is -0.488 e. The van der Waals surface area contributed by atoms with Crippen LogP contribution in [0.3, 0.4) is 0 Å². The number of ether oxygens (including phenoxy) is 2. The topological polar surface area (TPSA) is 136 Å². The number of benzene rings is 2. The molecule has 5 rings (SSSR count). The highest BCUT2D eigenvalue weighted by Crippen LogP contribution is 2.34. The fourth-order valence-corrected chi connectivity index (χ4v) is 6.47. The summed E-state index contributed by atoms with van der Waals surface area (Å²) in [6.07, 6.45) is 3.44. The van der Waals surface area contributed by atoms with Crippen molar-refractivity contribution in [2.45, 2.75) is 78.5 Å². The van der Waals surface area contributed by atoms with Crippen LogP contribution in [-0.4, -0.2) is 57.9 Å². The molecule has 0 unspecified atom stereocenters. The number of nitrogens with zero attached hydrogens (tertiary/aromatic N) is 5. The first-order valence-corrected chi connectivity index (χ1v) is 16.8. The van der Waals surface area contributed by atoms with Crippen LogP contribution in [0, 0.1) is 25.1 Å². The number of hydrogen-bond acceptors (Lipinski definition) is 9. The molecule has 4 aromatic rings. The summed E-state index contributed by atoms with van der Waals surface area (Å²) in [5, 5.41) is 0. The Balaban J connectivity index is 1.67. The lowest BCUT2D eigenvalue weighted by molar-refractivity contribution is 0.0501. The maximum Gasteiger partial charge on any atom is 0.264 e. The lowest BCUT2D eigenvalue weighted by Gasteiger charge is -2.35. The molecule has 0 fully saturated rings. The van der Waals surface area contributed by atoms with Crippen LogP contribution < -0.4 is 14.2 Å². The molecule has 47 heavy (non-hydrogen) atoms. The van der Waals surface area contributed by atoms with E-state index in [1.807, 2.05) is 66.7 Å². The molecule has 1 aliphatic heterocycles. The minimum absolute atomic E-state index is 0.0364. The number of rotatable bonds is 6. The van der Waals surface area contributed by atoms with Crippen molar-refractivity contribution in [2.75, 3.05) is 11.3 Å². The number of halogens is 1. The molecule has 0 aliphatic carbocycles. The van der Waals surface area contributed by atoms with Crippen LogP contribution in [0.4, 0.5) is 10.3 Å². The van der Waals surface area contributed by atoms with Gasteiger partial charge in [0.05, 0.1) is 36.0 Å². The Labute approximate surface area is 274 Å². The zero-order valence-electron chi connectivity index (χ0n) is 27.5. The Kier molecular flexibility index (Phi) is 9.48. The fourth-order valence-electron chi connectivity index (χ4n) is 5.48. The maximum atomic E-state index is 16.3. The molecule has 0 saturated carbocycles. The average molecular weight is 663 g/mol. The van der Waals surface area contributed by atoms with Gasteiger partial charge in [-0.05, 0) is 68.9 Å². The Hall–Kier alpha value is -4.65. The van der Waals surface area contributed by atoms with Crippen molar-refractivity contribution in [3.8, 4) is 22.9 Å². The monoisotopic (exact) mass is 662 g/mol. The number of carbonyl (C=O) groups is 1. The predicted octanol–water partition coefficient (Wildman–Crippen LogP) is 6.12. The normalized spacial score (nSPS) is 16.4. The fraction of sp³-hybridized carbons (Fsp3) is 0.382. The van der Waals surface area contributed by atoms with Gasteiger partial charge in [-0.2, -0.15) is 9.37 Å². The minimum atomic E-state index is -4.31. The van der Waals surface area contributed by atoms with Crippen LogP contribution in [0.15, 0.2) is 59.8 Å². The number of aromatic nitrogens is 4. The first-order chi connectivity index (χ1) is 22.1. The summed E-state index contributed by atoms with van der Waals surface area (Å²) in [4.78, 5) is 33.0. The largest absolute Gasteiger partial charge is 0.488 e. The van der Waals surface area contributed by atoms with E-state index in [0.29, 0.717) is 23.6 Å². The van der Waals surface area contributed by atoms with E-state index in [4.69, 9.17) is 9.47 Å². The van der Waals surface area contributed by atoms with Gasteiger partial charge in [-0.1, -0.05) is 45.0 Å². The molecular formula is C34H39FN6O5S. The zero-order chi connectivity index (χ0) is 34.1. The Morgan fingerprint density at radius 3 is 2.36 bits per heavy atom. The molecule has 4 bridgehead atoms. The molecule has 1 atom stereocenters. The third-order valence-electron chi connectivity index (χ3n) is 7.48. The van der Waals surface area contributed by atoms with Gasteiger partial charge in [-0.25, -0.2) is 28.1 Å². The molecule has 1 aliphatic rings. The lowest BCUT2D eigenvalue weighted by Crippen LogP contribution is -2.45. The number of sulfonamides is 1. The summed E-state index contributed by atoms with van der Waals surface area (Å²) in [5.41, 5.74) is 1.68. The van der Waals surface area contributed by atoms with Crippen molar-refractivity contribution in [3.05, 3.63) is 83.2 Å². The van der Waals surface area contributed by atoms with Crippen LogP contribution in [-0.2, 0) is 16.6 Å². The first kappa shape index (κ1) is 33.7. The predicted molar refractivity (Wildman–Crippen MR) is 175 cm³/mol. The second-order valence-electron chi connectivity index (χ2n) is 13.1. The molecular weight excluding hydrogens is 623 g/mol. The summed E-state index contributed by atoms with van der Waals surface area (Å²) in [7, 11) is -4.31. The van der Waals surface area contributed by atoms with Gasteiger partial charge in [0.15, 0.2) is 5.75 Å². The number of hydrogen-bond donors (Lipinski definition) is 1. The van der Waals surface area contributed by atoms with Gasteiger partial charge >= 0.3 is 0 Å². The average Bonchev–Trinajstić information content (AvgIpc) is 2.99. The zero-order valence-corrected chi connectivity index (χ0v) is 28.4. The van der Waals surface area contributed by atoms with Gasteiger partial charge in [0.2, 0.25) is 11.8 Å². The molecule has 1 amide bonds. The lowest BCUT2D eigenvalue weighted by atomic mass is 9.87. The molecule has 2 aromatic heterocycles. The van der Waals surface area contributed by atoms with Crippen molar-refractivity contribution in [3.63, 3.8) is 0 Å². The van der Waals surface area contributed by atoms with E-state index in [1.54, 1.807) is 6.07 Å². The second kappa shape index (κ2) is 13.2. The van der Waals surface area contributed by atoms with E-state index in [9.17, 15) is 13.2 Å². The molecule has 0 radical (unpaired) electrons. The van der Waals surface area contributed by atoms with Crippen LogP contribution in [0.5, 0.6) is 11.6 Å². The number of aryl methyl sites for hydroxylation is 2. The van der Waals surface area contributed by atoms with Gasteiger partial charge < -0.3 is 14.4 Å². The van der Waals surface area contributed by atoms with Gasteiger partial charge in [0, 0.05) is 11.1 Å². The number of anilines is 1. The van der Waals surface area contributed by atoms with Crippen LogP contribution in [0.2, 0.25) is 0 Å². The van der Waals surface area contributed by atoms with Crippen LogP contribution in [0.1, 0.15) is 68.3 Å². The third-order valence-corrected chi connectivity index (χ3v) is 8.81. The van der Waals surface area contributed by atoms with Gasteiger partial charge in [0.1, 0.15) is 18.1 Å². The number of fused-ring (bicyclic) bond motifs is 4. The van der Waals surface area contributed by atoms with Gasteiger partial charge in [-0.3, -0.25) is 4.79 Å². The molecule has 1 N–H and O–H groups in total. The molecule has 11 nitrogen and oxygen atoms in total. The summed E-state index contributed by atoms with van der Waals surface area (Å²) < 4.78 is 57.6. The van der Waals surface area contributed by atoms with Crippen molar-refractivity contribution >= 4 is 21.9 Å². The number of nitrogens with one attached hydrogen (secondary N) is 1. The van der Waals surface area contributed by atoms with Crippen LogP contribution >= 0.6 is 0 Å². The highest BCUT2D eigenvalue weighted by Gasteiger charge is 2.33. The van der Waals surface area contributed by atoms with E-state index in [1.165, 1.54) is 35.5 Å². The van der Waals surface area contributed by atoms with E-state index in [0.717, 1.165) is 11.1 Å². The van der Waals surface area contributed by atoms with Crippen molar-refractivity contribution < 1.29 is 27.1 Å². The van der Waals surface area contributed by atoms with E-state index in [2.05, 4.69) is 24.7 Å². The standard InChI is InChI=1S/C34H39FN6O5S/c1-20(2)46-25-16-36-27(37-17-25)18-41-24(15-34(5,6)7)19-45-31-29(35)30(28-21(3)10-8-11-22(28)4)38-33(39-31)40-47(43,44)26-13-9-12-23(14-26)32(41)42/h8-14,16-17,20,24H,15,18-19H2,1-7H3,(H,38,39,40)/t24-/m1/s1. The highest BCUT2D eigenvalue weighted by molar-refractivity contribution is 7.92. The highest BCUT2D eigenvalue weighted by atomic mass is 32.2. The van der Waals surface area contributed by atoms with Gasteiger partial charge in [-0.15, -0.1) is 0 Å². The smallest absolute Gasteiger partial charge is 0.264 e. The number of amides is 1. The second-order valence-corrected chi connectivity index (χ2v) is 14.8. The quantitative estimate of drug-likeness (QED) is 0.259. The Morgan fingerprint density at radius 1 is 1.06 bits per heavy atom. The molecule has 248 valence electrons. The summed E-state index contributed by atoms with van der Waals surface area (Å²) in [6, 6.07) is 10.5. The Bertz CT molecular complexity index is 1870. The van der Waals surface area contributed by atoms with Crippen molar-refractivity contribution in [2.24, 2.45) is 5.41 Å². The number of carbonyl (C=O) groups excluding carboxylic acids is 1. The Morgan fingerprint density at radius 2 is 1.72 bits per heavy atom. The molecule has 2 aromatic carbocycles. The van der Waals surface area contributed by atoms with Crippen molar-refractivity contribution in [1.82, 2.24) is 24.8 Å². The van der Waals surface area contributed by atoms with E-state index >= 15 is 4.39 Å². The SMILES string of the molecule is Cc1cccc(C)c1-c1nc2nc(c1F)OC[C@@H](CC(C)(C)C)N(Cc1ncc(OC(C)C)cn1)C(=O)c1cccc(c1)S(=O)(=O)N2. The van der Waals surface area contributed by atoms with E-state index < -0.39 is 33.7 Å². The summed E-state index contributed by atoms with van der Waals surface area (Å²) >= 11 is 0. The summed E-state index contributed by atoms with van der Waals surface area (Å²) in [6.45, 7) is 13.3. The van der Waals surface area contributed by atoms with Gasteiger partial charge in [0.25, 0.3) is 21.8 Å². The molecule has 13 heteroatoms. The van der Waals surface area contributed by atoms with Crippen molar-refractivity contribution in [1.29, 1.82) is 0 Å². The first-order valence-electron chi connectivity index (χ1n) is 15.3. The molecule has 0 saturated heterocycles. The molecule has 0 spiro atoms.